The van der Waals surface area contributed by atoms with E-state index < -0.39 is 29.7 Å². The van der Waals surface area contributed by atoms with Crippen molar-refractivity contribution in [3.05, 3.63) is 47.5 Å². The van der Waals surface area contributed by atoms with Crippen LogP contribution in [0.2, 0.25) is 0 Å². The van der Waals surface area contributed by atoms with Gasteiger partial charge in [-0.3, -0.25) is 0 Å². The van der Waals surface area contributed by atoms with Crippen LogP contribution in [0.25, 0.3) is 11.1 Å². The summed E-state index contributed by atoms with van der Waals surface area (Å²) < 4.78 is 47.6. The second kappa shape index (κ2) is 7.41. The van der Waals surface area contributed by atoms with Gasteiger partial charge in [0.25, 0.3) is 0 Å². The Morgan fingerprint density at radius 3 is 2.07 bits per heavy atom. The molecule has 0 aromatic heterocycles. The van der Waals surface area contributed by atoms with E-state index in [1.165, 1.54) is 12.1 Å². The Morgan fingerprint density at radius 2 is 1.57 bits per heavy atom. The van der Waals surface area contributed by atoms with Crippen LogP contribution in [-0.2, 0) is 4.74 Å². The van der Waals surface area contributed by atoms with Gasteiger partial charge in [0.15, 0.2) is 0 Å². The molecular formula is C19H18F3NO5. The summed E-state index contributed by atoms with van der Waals surface area (Å²) in [6, 6.07) is 6.81. The average molecular weight is 397 g/mol. The molecule has 0 saturated carbocycles. The minimum absolute atomic E-state index is 0.0128. The predicted octanol–water partition coefficient (Wildman–Crippen LogP) is 4.49. The van der Waals surface area contributed by atoms with Gasteiger partial charge in [-0.05, 0) is 51.1 Å². The normalized spacial score (nSPS) is 11.8. The molecule has 9 heteroatoms. The first kappa shape index (κ1) is 21.1. The van der Waals surface area contributed by atoms with Crippen molar-refractivity contribution < 1.29 is 37.3 Å². The molecule has 0 amide bonds. The van der Waals surface area contributed by atoms with Gasteiger partial charge in [0.2, 0.25) is 0 Å². The highest BCUT2D eigenvalue weighted by Crippen LogP contribution is 2.38. The number of carbonyl (C=O) groups is 2. The highest BCUT2D eigenvalue weighted by molar-refractivity contribution is 5.95. The Bertz CT molecular complexity index is 917. The summed E-state index contributed by atoms with van der Waals surface area (Å²) in [5.74, 6) is -2.57. The number of nitrogen functional groups attached to an aromatic ring is 1. The Balaban J connectivity index is 2.59. The quantitative estimate of drug-likeness (QED) is 0.583. The van der Waals surface area contributed by atoms with E-state index in [9.17, 15) is 22.8 Å². The van der Waals surface area contributed by atoms with E-state index in [2.05, 4.69) is 4.74 Å². The van der Waals surface area contributed by atoms with Crippen LogP contribution in [-0.4, -0.2) is 29.0 Å². The van der Waals surface area contributed by atoms with Gasteiger partial charge in [0, 0.05) is 16.8 Å². The van der Waals surface area contributed by atoms with E-state index in [1.54, 1.807) is 20.8 Å². The smallest absolute Gasteiger partial charge is 0.478 e. The van der Waals surface area contributed by atoms with Crippen LogP contribution in [0.1, 0.15) is 41.5 Å². The van der Waals surface area contributed by atoms with Gasteiger partial charge in [0.05, 0.1) is 11.1 Å². The first-order chi connectivity index (χ1) is 12.8. The number of carbonyl (C=O) groups excluding carboxylic acids is 1. The third kappa shape index (κ3) is 5.38. The highest BCUT2D eigenvalue weighted by atomic mass is 19.4. The summed E-state index contributed by atoms with van der Waals surface area (Å²) in [4.78, 5) is 23.3. The zero-order chi connectivity index (χ0) is 21.3. The van der Waals surface area contributed by atoms with Crippen molar-refractivity contribution in [1.29, 1.82) is 0 Å². The number of anilines is 1. The molecule has 0 spiro atoms. The fraction of sp³-hybridized carbons (Fsp3) is 0.263. The number of esters is 1. The predicted molar refractivity (Wildman–Crippen MR) is 95.1 cm³/mol. The highest BCUT2D eigenvalue weighted by Gasteiger charge is 2.33. The molecule has 0 unspecified atom stereocenters. The van der Waals surface area contributed by atoms with E-state index in [0.29, 0.717) is 0 Å². The summed E-state index contributed by atoms with van der Waals surface area (Å²) in [5.41, 5.74) is 4.74. The zero-order valence-corrected chi connectivity index (χ0v) is 15.3. The van der Waals surface area contributed by atoms with Gasteiger partial charge in [-0.1, -0.05) is 6.07 Å². The third-order valence-corrected chi connectivity index (χ3v) is 3.43. The van der Waals surface area contributed by atoms with Gasteiger partial charge >= 0.3 is 18.3 Å². The molecule has 0 bridgehead atoms. The minimum Gasteiger partial charge on any atom is -0.478 e. The molecule has 150 valence electrons. The van der Waals surface area contributed by atoms with Crippen LogP contribution in [0.5, 0.6) is 5.75 Å². The molecule has 0 aliphatic heterocycles. The molecule has 0 aliphatic rings. The fourth-order valence-corrected chi connectivity index (χ4v) is 2.36. The van der Waals surface area contributed by atoms with Crippen molar-refractivity contribution >= 4 is 17.6 Å². The van der Waals surface area contributed by atoms with Crippen LogP contribution < -0.4 is 10.5 Å². The Hall–Kier alpha value is -3.23. The molecule has 28 heavy (non-hydrogen) atoms. The van der Waals surface area contributed by atoms with E-state index in [-0.39, 0.29) is 27.9 Å². The molecule has 2 aromatic carbocycles. The number of halogens is 3. The van der Waals surface area contributed by atoms with E-state index in [0.717, 1.165) is 24.3 Å². The van der Waals surface area contributed by atoms with Crippen molar-refractivity contribution in [3.63, 3.8) is 0 Å². The Labute approximate surface area is 158 Å². The van der Waals surface area contributed by atoms with Crippen molar-refractivity contribution in [2.24, 2.45) is 0 Å². The molecular weight excluding hydrogens is 379 g/mol. The van der Waals surface area contributed by atoms with Crippen LogP contribution in [0, 0.1) is 0 Å². The monoisotopic (exact) mass is 397 g/mol. The first-order valence-corrected chi connectivity index (χ1v) is 8.03. The maximum absolute atomic E-state index is 12.8. The van der Waals surface area contributed by atoms with Crippen LogP contribution in [0.15, 0.2) is 36.4 Å². The number of ether oxygens (including phenoxy) is 2. The molecule has 0 saturated heterocycles. The number of alkyl halides is 3. The lowest BCUT2D eigenvalue weighted by Gasteiger charge is -2.20. The van der Waals surface area contributed by atoms with Crippen LogP contribution in [0.3, 0.4) is 0 Å². The number of hydrogen-bond donors (Lipinski definition) is 2. The second-order valence-corrected chi connectivity index (χ2v) is 6.87. The SMILES string of the molecule is CC(C)(C)OC(=O)c1ccc(OC(F)(F)F)c(-c2ccc(C(=O)O)cc2N)c1. The van der Waals surface area contributed by atoms with Crippen molar-refractivity contribution in [2.45, 2.75) is 32.7 Å². The molecule has 2 rings (SSSR count). The van der Waals surface area contributed by atoms with Gasteiger partial charge in [-0.15, -0.1) is 13.2 Å². The molecule has 0 fully saturated rings. The lowest BCUT2D eigenvalue weighted by molar-refractivity contribution is -0.274. The minimum atomic E-state index is -4.97. The summed E-state index contributed by atoms with van der Waals surface area (Å²) in [6.45, 7) is 4.95. The maximum atomic E-state index is 12.8. The second-order valence-electron chi connectivity index (χ2n) is 6.87. The number of carboxylic acids is 1. The lowest BCUT2D eigenvalue weighted by Crippen LogP contribution is -2.24. The molecule has 0 heterocycles. The molecule has 0 atom stereocenters. The first-order valence-electron chi connectivity index (χ1n) is 8.03. The molecule has 6 nitrogen and oxygen atoms in total. The topological polar surface area (TPSA) is 98.8 Å². The third-order valence-electron chi connectivity index (χ3n) is 3.43. The summed E-state index contributed by atoms with van der Waals surface area (Å²) >= 11 is 0. The Kier molecular flexibility index (Phi) is 5.58. The van der Waals surface area contributed by atoms with Crippen molar-refractivity contribution in [2.75, 3.05) is 5.73 Å². The summed E-state index contributed by atoms with van der Waals surface area (Å²) in [6.07, 6.45) is -4.97. The van der Waals surface area contributed by atoms with Crippen molar-refractivity contribution in [3.8, 4) is 16.9 Å². The van der Waals surface area contributed by atoms with Crippen LogP contribution in [0.4, 0.5) is 18.9 Å². The largest absolute Gasteiger partial charge is 0.573 e. The van der Waals surface area contributed by atoms with Gasteiger partial charge in [-0.2, -0.15) is 0 Å². The van der Waals surface area contributed by atoms with Crippen LogP contribution >= 0.6 is 0 Å². The summed E-state index contributed by atoms with van der Waals surface area (Å²) in [7, 11) is 0. The standard InChI is InChI=1S/C19H18F3NO5/c1-18(2,3)28-17(26)11-5-7-15(27-19(20,21)22)13(8-11)12-6-4-10(16(24)25)9-14(12)23/h4-9H,23H2,1-3H3,(H,24,25). The molecule has 2 aromatic rings. The Morgan fingerprint density at radius 1 is 0.964 bits per heavy atom. The molecule has 0 aliphatic carbocycles. The van der Waals surface area contributed by atoms with E-state index in [1.807, 2.05) is 0 Å². The zero-order valence-electron chi connectivity index (χ0n) is 15.3. The molecule has 0 radical (unpaired) electrons. The number of benzene rings is 2. The van der Waals surface area contributed by atoms with Crippen molar-refractivity contribution in [1.82, 2.24) is 0 Å². The van der Waals surface area contributed by atoms with Gasteiger partial charge < -0.3 is 20.3 Å². The summed E-state index contributed by atoms with van der Waals surface area (Å²) in [5, 5.41) is 9.01. The van der Waals surface area contributed by atoms with E-state index >= 15 is 0 Å². The average Bonchev–Trinajstić information content (AvgIpc) is 2.52. The maximum Gasteiger partial charge on any atom is 0.573 e. The van der Waals surface area contributed by atoms with Gasteiger partial charge in [0.1, 0.15) is 11.4 Å². The number of nitrogens with two attached hydrogens (primary N) is 1. The number of aromatic carboxylic acids is 1. The molecule has 3 N–H and O–H groups in total. The number of carboxylic acid groups (broad SMARTS) is 1. The number of hydrogen-bond acceptors (Lipinski definition) is 5. The number of rotatable bonds is 4. The van der Waals surface area contributed by atoms with Gasteiger partial charge in [-0.25, -0.2) is 9.59 Å². The van der Waals surface area contributed by atoms with E-state index in [4.69, 9.17) is 15.6 Å². The fourth-order valence-electron chi connectivity index (χ4n) is 2.36. The lowest BCUT2D eigenvalue weighted by atomic mass is 9.98.